The van der Waals surface area contributed by atoms with Crippen LogP contribution in [-0.4, -0.2) is 28.7 Å². The number of hydrogen-bond donors (Lipinski definition) is 0. The Morgan fingerprint density at radius 3 is 1.88 bits per heavy atom. The second-order valence-electron chi connectivity index (χ2n) is 13.0. The number of ether oxygens (including phenoxy) is 1. The van der Waals surface area contributed by atoms with Gasteiger partial charge in [-0.25, -0.2) is 4.98 Å². The van der Waals surface area contributed by atoms with Gasteiger partial charge in [-0.3, -0.25) is 15.0 Å². The number of benzene rings is 5. The van der Waals surface area contributed by atoms with Crippen molar-refractivity contribution in [2.75, 3.05) is 0 Å². The Bertz CT molecular complexity index is 2940. The first kappa shape index (κ1) is 28.8. The van der Waals surface area contributed by atoms with Crippen molar-refractivity contribution >= 4 is 77.0 Å². The van der Waals surface area contributed by atoms with Gasteiger partial charge in [0.1, 0.15) is 5.65 Å². The SMILES string of the molecule is CC(C)(C)c1cccc2c1c1ccc(Oc3[c-]c4c(cc3)c3nccnc3n3c5ccccc5nc43)[c-]c1c1nc3ccccc3n21.[Pd+2]. The van der Waals surface area contributed by atoms with Crippen molar-refractivity contribution in [1.82, 2.24) is 28.7 Å². The maximum absolute atomic E-state index is 6.54. The second-order valence-corrected chi connectivity index (χ2v) is 13.0. The molecular weight excluding hydrogens is 687 g/mol. The molecule has 0 N–H and O–H groups in total. The van der Waals surface area contributed by atoms with Gasteiger partial charge >= 0.3 is 20.4 Å². The maximum Gasteiger partial charge on any atom is 2.00 e. The third-order valence-corrected chi connectivity index (χ3v) is 9.13. The van der Waals surface area contributed by atoms with Gasteiger partial charge in [0.15, 0.2) is 0 Å². The maximum atomic E-state index is 6.54. The van der Waals surface area contributed by atoms with Gasteiger partial charge in [-0.15, -0.1) is 12.1 Å². The molecule has 0 spiro atoms. The van der Waals surface area contributed by atoms with Crippen LogP contribution in [0, 0.1) is 12.1 Å². The normalized spacial score (nSPS) is 12.3. The Kier molecular flexibility index (Phi) is 6.17. The van der Waals surface area contributed by atoms with Crippen LogP contribution in [0.4, 0.5) is 0 Å². The molecule has 0 aliphatic rings. The molecule has 48 heavy (non-hydrogen) atoms. The summed E-state index contributed by atoms with van der Waals surface area (Å²) in [6, 6.07) is 38.1. The van der Waals surface area contributed by atoms with E-state index in [1.807, 2.05) is 48.5 Å². The van der Waals surface area contributed by atoms with Crippen LogP contribution in [0.15, 0.2) is 103 Å². The second kappa shape index (κ2) is 10.3. The molecule has 5 aromatic heterocycles. The van der Waals surface area contributed by atoms with Crippen molar-refractivity contribution < 1.29 is 25.2 Å². The summed E-state index contributed by atoms with van der Waals surface area (Å²) < 4.78 is 10.9. The van der Waals surface area contributed by atoms with Crippen LogP contribution < -0.4 is 4.74 Å². The summed E-state index contributed by atoms with van der Waals surface area (Å²) in [5.74, 6) is 1.14. The zero-order valence-corrected chi connectivity index (χ0v) is 27.8. The van der Waals surface area contributed by atoms with E-state index >= 15 is 0 Å². The fourth-order valence-electron chi connectivity index (χ4n) is 7.11. The smallest absolute Gasteiger partial charge is 0.497 e. The van der Waals surface area contributed by atoms with E-state index in [2.05, 4.69) is 89.2 Å². The quantitative estimate of drug-likeness (QED) is 0.102. The summed E-state index contributed by atoms with van der Waals surface area (Å²) in [4.78, 5) is 19.5. The van der Waals surface area contributed by atoms with Crippen molar-refractivity contribution in [3.63, 3.8) is 0 Å². The molecule has 8 heteroatoms. The molecule has 0 unspecified atom stereocenters. The fraction of sp³-hybridized carbons (Fsp3) is 0.100. The van der Waals surface area contributed by atoms with Crippen molar-refractivity contribution in [1.29, 1.82) is 0 Å². The van der Waals surface area contributed by atoms with Crippen LogP contribution in [0.1, 0.15) is 26.3 Å². The standard InChI is InChI=1S/C40H26N6O.Pd/c1-40(2,3)29-9-8-14-34-35(29)25-17-15-23(21-27(25)37-43-30-10-4-6-12-32(30)45(34)37)47-24-16-18-26-28(22-24)38-44-31-11-5-7-13-33(31)46(38)39-36(26)41-19-20-42-39;/h4-20H,1-3H3;/q-2;+2. The summed E-state index contributed by atoms with van der Waals surface area (Å²) in [5.41, 5.74) is 9.34. The van der Waals surface area contributed by atoms with E-state index in [0.717, 1.165) is 71.6 Å². The Morgan fingerprint density at radius 2 is 1.17 bits per heavy atom. The summed E-state index contributed by atoms with van der Waals surface area (Å²) >= 11 is 0. The predicted octanol–water partition coefficient (Wildman–Crippen LogP) is 9.38. The third-order valence-electron chi connectivity index (χ3n) is 9.13. The van der Waals surface area contributed by atoms with Gasteiger partial charge in [0.2, 0.25) is 0 Å². The van der Waals surface area contributed by atoms with Gasteiger partial charge in [0.25, 0.3) is 0 Å². The Balaban J connectivity index is 0.00000314. The molecule has 10 rings (SSSR count). The minimum Gasteiger partial charge on any atom is -0.497 e. The molecule has 7 nitrogen and oxygen atoms in total. The van der Waals surface area contributed by atoms with Crippen LogP contribution in [0.25, 0.3) is 77.0 Å². The molecule has 232 valence electrons. The molecule has 0 saturated carbocycles. The third kappa shape index (κ3) is 4.03. The van der Waals surface area contributed by atoms with Gasteiger partial charge in [0, 0.05) is 29.4 Å². The van der Waals surface area contributed by atoms with E-state index in [1.54, 1.807) is 12.4 Å². The first-order valence-corrected chi connectivity index (χ1v) is 15.7. The van der Waals surface area contributed by atoms with Crippen molar-refractivity contribution in [3.05, 3.63) is 121 Å². The Morgan fingerprint density at radius 1 is 0.583 bits per heavy atom. The van der Waals surface area contributed by atoms with Crippen LogP contribution in [-0.2, 0) is 25.8 Å². The Labute approximate surface area is 288 Å². The molecule has 0 aliphatic heterocycles. The fourth-order valence-corrected chi connectivity index (χ4v) is 7.11. The van der Waals surface area contributed by atoms with Crippen LogP contribution in [0.2, 0.25) is 0 Å². The minimum absolute atomic E-state index is 0. The summed E-state index contributed by atoms with van der Waals surface area (Å²) in [7, 11) is 0. The first-order valence-electron chi connectivity index (χ1n) is 15.7. The van der Waals surface area contributed by atoms with Crippen LogP contribution >= 0.6 is 0 Å². The number of rotatable bonds is 2. The average molecular weight is 713 g/mol. The zero-order valence-electron chi connectivity index (χ0n) is 26.2. The zero-order chi connectivity index (χ0) is 31.4. The molecule has 10 aromatic rings. The minimum atomic E-state index is -0.0662. The summed E-state index contributed by atoms with van der Waals surface area (Å²) in [6.45, 7) is 6.78. The molecule has 0 aliphatic carbocycles. The monoisotopic (exact) mass is 712 g/mol. The number of aromatic nitrogens is 6. The number of fused-ring (bicyclic) bond motifs is 16. The summed E-state index contributed by atoms with van der Waals surface area (Å²) in [6.07, 6.45) is 3.43. The van der Waals surface area contributed by atoms with Gasteiger partial charge in [0.05, 0.1) is 38.9 Å². The van der Waals surface area contributed by atoms with E-state index < -0.39 is 0 Å². The van der Waals surface area contributed by atoms with Crippen molar-refractivity contribution in [3.8, 4) is 11.5 Å². The number of para-hydroxylation sites is 4. The number of pyridine rings is 2. The molecule has 0 atom stereocenters. The van der Waals surface area contributed by atoms with E-state index in [4.69, 9.17) is 19.7 Å². The van der Waals surface area contributed by atoms with Crippen molar-refractivity contribution in [2.24, 2.45) is 0 Å². The average Bonchev–Trinajstić information content (AvgIpc) is 3.68. The topological polar surface area (TPSA) is 69.6 Å². The van der Waals surface area contributed by atoms with Crippen LogP contribution in [0.3, 0.4) is 0 Å². The van der Waals surface area contributed by atoms with Gasteiger partial charge in [-0.1, -0.05) is 103 Å². The van der Waals surface area contributed by atoms with E-state index in [0.29, 0.717) is 11.5 Å². The van der Waals surface area contributed by atoms with Gasteiger partial charge in [-0.05, 0) is 46.7 Å². The molecule has 0 bridgehead atoms. The molecule has 5 aromatic carbocycles. The largest absolute Gasteiger partial charge is 2.00 e. The van der Waals surface area contributed by atoms with Gasteiger partial charge < -0.3 is 13.5 Å². The molecule has 0 amide bonds. The van der Waals surface area contributed by atoms with E-state index in [9.17, 15) is 0 Å². The molecule has 0 radical (unpaired) electrons. The molecule has 0 fully saturated rings. The number of imidazole rings is 2. The van der Waals surface area contributed by atoms with Crippen LogP contribution in [0.5, 0.6) is 11.5 Å². The van der Waals surface area contributed by atoms with Gasteiger partial charge in [-0.2, -0.15) is 0 Å². The number of nitrogens with zero attached hydrogens (tertiary/aromatic N) is 6. The first-order chi connectivity index (χ1) is 22.9. The molecule has 0 saturated heterocycles. The van der Waals surface area contributed by atoms with E-state index in [1.165, 1.54) is 10.9 Å². The predicted molar refractivity (Wildman–Crippen MR) is 187 cm³/mol. The summed E-state index contributed by atoms with van der Waals surface area (Å²) in [5, 5.41) is 4.94. The number of hydrogen-bond acceptors (Lipinski definition) is 5. The van der Waals surface area contributed by atoms with Crippen molar-refractivity contribution in [2.45, 2.75) is 26.2 Å². The van der Waals surface area contributed by atoms with E-state index in [-0.39, 0.29) is 25.8 Å². The molecule has 5 heterocycles. The molecular formula is C40H26N6OPd. The Hall–Kier alpha value is -5.42.